The minimum absolute atomic E-state index is 0.344. The number of nitrogens with one attached hydrogen (secondary N) is 1. The van der Waals surface area contributed by atoms with E-state index in [4.69, 9.17) is 0 Å². The lowest BCUT2D eigenvalue weighted by atomic mass is 10.1. The van der Waals surface area contributed by atoms with Gasteiger partial charge in [-0.2, -0.15) is 0 Å². The lowest BCUT2D eigenvalue weighted by Gasteiger charge is -2.19. The maximum atomic E-state index is 4.57. The molecule has 0 amide bonds. The van der Waals surface area contributed by atoms with Gasteiger partial charge in [0.15, 0.2) is 0 Å². The zero-order valence-corrected chi connectivity index (χ0v) is 12.6. The molecule has 0 aromatic carbocycles. The number of aromatic nitrogens is 1. The zero-order chi connectivity index (χ0) is 13.7. The van der Waals surface area contributed by atoms with Crippen LogP contribution in [0.1, 0.15) is 30.0 Å². The molecule has 0 aliphatic carbocycles. The van der Waals surface area contributed by atoms with Crippen molar-refractivity contribution in [3.8, 4) is 0 Å². The van der Waals surface area contributed by atoms with Gasteiger partial charge >= 0.3 is 0 Å². The van der Waals surface area contributed by atoms with Crippen molar-refractivity contribution in [1.29, 1.82) is 0 Å². The normalized spacial score (nSPS) is 12.4. The molecule has 0 saturated heterocycles. The Morgan fingerprint density at radius 3 is 2.74 bits per heavy atom. The molecule has 0 spiro atoms. The van der Waals surface area contributed by atoms with Crippen molar-refractivity contribution in [3.63, 3.8) is 0 Å². The first-order chi connectivity index (χ1) is 9.24. The molecule has 2 aromatic heterocycles. The Morgan fingerprint density at radius 1 is 1.37 bits per heavy atom. The highest BCUT2D eigenvalue weighted by Crippen LogP contribution is 2.20. The van der Waals surface area contributed by atoms with Gasteiger partial charge in [0.1, 0.15) is 0 Å². The number of thiophene rings is 1. The number of anilines is 1. The predicted octanol–water partition coefficient (Wildman–Crippen LogP) is 3.45. The van der Waals surface area contributed by atoms with Gasteiger partial charge < -0.3 is 10.2 Å². The first-order valence-corrected chi connectivity index (χ1v) is 7.49. The third-order valence-electron chi connectivity index (χ3n) is 3.30. The van der Waals surface area contributed by atoms with E-state index in [1.165, 1.54) is 4.88 Å². The highest BCUT2D eigenvalue weighted by atomic mass is 32.1. The average Bonchev–Trinajstić information content (AvgIpc) is 2.94. The van der Waals surface area contributed by atoms with E-state index in [1.807, 2.05) is 13.2 Å². The standard InChI is InChI=1S/C15H21N3S/c1-4-14(16-2)15-8-7-12(10-17-15)18(3)11-13-6-5-9-19-13/h5-10,14,16H,4,11H2,1-3H3. The van der Waals surface area contributed by atoms with Gasteiger partial charge in [0.25, 0.3) is 0 Å². The van der Waals surface area contributed by atoms with Crippen LogP contribution in [0.5, 0.6) is 0 Å². The van der Waals surface area contributed by atoms with Crippen LogP contribution in [-0.4, -0.2) is 19.1 Å². The van der Waals surface area contributed by atoms with Crippen LogP contribution in [0.15, 0.2) is 35.8 Å². The molecule has 102 valence electrons. The summed E-state index contributed by atoms with van der Waals surface area (Å²) >= 11 is 1.79. The van der Waals surface area contributed by atoms with Crippen molar-refractivity contribution in [3.05, 3.63) is 46.4 Å². The molecule has 1 unspecified atom stereocenters. The highest BCUT2D eigenvalue weighted by Gasteiger charge is 2.09. The van der Waals surface area contributed by atoms with Gasteiger partial charge in [-0.1, -0.05) is 13.0 Å². The molecule has 0 saturated carbocycles. The third kappa shape index (κ3) is 3.55. The Labute approximate surface area is 119 Å². The van der Waals surface area contributed by atoms with Gasteiger partial charge in [0, 0.05) is 18.0 Å². The molecular formula is C15H21N3S. The van der Waals surface area contributed by atoms with Crippen molar-refractivity contribution in [2.75, 3.05) is 19.0 Å². The summed E-state index contributed by atoms with van der Waals surface area (Å²) < 4.78 is 0. The lowest BCUT2D eigenvalue weighted by molar-refractivity contribution is 0.561. The van der Waals surface area contributed by atoms with Crippen LogP contribution in [0.4, 0.5) is 5.69 Å². The molecule has 2 aromatic rings. The van der Waals surface area contributed by atoms with Crippen molar-refractivity contribution >= 4 is 17.0 Å². The van der Waals surface area contributed by atoms with E-state index in [1.54, 1.807) is 11.3 Å². The topological polar surface area (TPSA) is 28.2 Å². The molecular weight excluding hydrogens is 254 g/mol. The smallest absolute Gasteiger partial charge is 0.0574 e. The van der Waals surface area contributed by atoms with Crippen molar-refractivity contribution in [2.45, 2.75) is 25.9 Å². The average molecular weight is 275 g/mol. The summed E-state index contributed by atoms with van der Waals surface area (Å²) in [5.41, 5.74) is 2.27. The third-order valence-corrected chi connectivity index (χ3v) is 4.16. The molecule has 2 rings (SSSR count). The SMILES string of the molecule is CCC(NC)c1ccc(N(C)Cc2cccs2)cn1. The summed E-state index contributed by atoms with van der Waals surface area (Å²) in [7, 11) is 4.08. The van der Waals surface area contributed by atoms with Crippen molar-refractivity contribution in [2.24, 2.45) is 0 Å². The minimum atomic E-state index is 0.344. The quantitative estimate of drug-likeness (QED) is 0.875. The Kier molecular flexibility index (Phi) is 4.93. The Hall–Kier alpha value is -1.39. The van der Waals surface area contributed by atoms with Crippen LogP contribution in [0.3, 0.4) is 0 Å². The second-order valence-electron chi connectivity index (χ2n) is 4.63. The monoisotopic (exact) mass is 275 g/mol. The Balaban J connectivity index is 2.05. The van der Waals surface area contributed by atoms with Gasteiger partial charge in [-0.25, -0.2) is 0 Å². The van der Waals surface area contributed by atoms with Crippen LogP contribution in [0.2, 0.25) is 0 Å². The van der Waals surface area contributed by atoms with Gasteiger partial charge in [0.05, 0.1) is 24.1 Å². The number of hydrogen-bond donors (Lipinski definition) is 1. The summed E-state index contributed by atoms with van der Waals surface area (Å²) in [6.45, 7) is 3.10. The van der Waals surface area contributed by atoms with Crippen LogP contribution in [0, 0.1) is 0 Å². The van der Waals surface area contributed by atoms with Crippen molar-refractivity contribution in [1.82, 2.24) is 10.3 Å². The minimum Gasteiger partial charge on any atom is -0.368 e. The maximum absolute atomic E-state index is 4.57. The first kappa shape index (κ1) is 14.0. The fourth-order valence-corrected chi connectivity index (χ4v) is 2.88. The number of nitrogens with zero attached hydrogens (tertiary/aromatic N) is 2. The van der Waals surface area contributed by atoms with E-state index in [0.29, 0.717) is 6.04 Å². The molecule has 2 heterocycles. The zero-order valence-electron chi connectivity index (χ0n) is 11.8. The summed E-state index contributed by atoms with van der Waals surface area (Å²) in [6.07, 6.45) is 3.01. The Morgan fingerprint density at radius 2 is 2.21 bits per heavy atom. The molecule has 1 N–H and O–H groups in total. The molecule has 0 aliphatic rings. The number of hydrogen-bond acceptors (Lipinski definition) is 4. The van der Waals surface area contributed by atoms with Gasteiger partial charge in [-0.05, 0) is 37.0 Å². The van der Waals surface area contributed by atoms with E-state index in [9.17, 15) is 0 Å². The molecule has 19 heavy (non-hydrogen) atoms. The summed E-state index contributed by atoms with van der Waals surface area (Å²) in [4.78, 5) is 8.16. The lowest BCUT2D eigenvalue weighted by Crippen LogP contribution is -2.18. The van der Waals surface area contributed by atoms with Crippen molar-refractivity contribution < 1.29 is 0 Å². The summed E-state index contributed by atoms with van der Waals surface area (Å²) in [6, 6.07) is 8.86. The molecule has 4 heteroatoms. The van der Waals surface area contributed by atoms with Gasteiger partial charge in [0.2, 0.25) is 0 Å². The Bertz CT molecular complexity index is 475. The molecule has 1 atom stereocenters. The highest BCUT2D eigenvalue weighted by molar-refractivity contribution is 7.09. The van der Waals surface area contributed by atoms with Gasteiger partial charge in [-0.15, -0.1) is 11.3 Å². The second kappa shape index (κ2) is 6.68. The van der Waals surface area contributed by atoms with Gasteiger partial charge in [-0.3, -0.25) is 4.98 Å². The van der Waals surface area contributed by atoms with Crippen LogP contribution >= 0.6 is 11.3 Å². The fraction of sp³-hybridized carbons (Fsp3) is 0.400. The largest absolute Gasteiger partial charge is 0.368 e. The molecule has 0 radical (unpaired) electrons. The molecule has 0 aliphatic heterocycles. The number of rotatable bonds is 6. The van der Waals surface area contributed by atoms with E-state index < -0.39 is 0 Å². The first-order valence-electron chi connectivity index (χ1n) is 6.61. The summed E-state index contributed by atoms with van der Waals surface area (Å²) in [5, 5.41) is 5.39. The number of pyridine rings is 1. The molecule has 3 nitrogen and oxygen atoms in total. The predicted molar refractivity (Wildman–Crippen MR) is 82.8 cm³/mol. The van der Waals surface area contributed by atoms with E-state index in [0.717, 1.165) is 24.3 Å². The van der Waals surface area contributed by atoms with E-state index in [2.05, 4.69) is 58.8 Å². The van der Waals surface area contributed by atoms with E-state index in [-0.39, 0.29) is 0 Å². The molecule has 0 fully saturated rings. The van der Waals surface area contributed by atoms with E-state index >= 15 is 0 Å². The summed E-state index contributed by atoms with van der Waals surface area (Å²) in [5.74, 6) is 0. The van der Waals surface area contributed by atoms with Crippen LogP contribution in [-0.2, 0) is 6.54 Å². The second-order valence-corrected chi connectivity index (χ2v) is 5.66. The fourth-order valence-electron chi connectivity index (χ4n) is 2.12. The molecule has 0 bridgehead atoms. The maximum Gasteiger partial charge on any atom is 0.0574 e. The van der Waals surface area contributed by atoms with Crippen LogP contribution in [0.25, 0.3) is 0 Å². The van der Waals surface area contributed by atoms with Crippen LogP contribution < -0.4 is 10.2 Å².